The summed E-state index contributed by atoms with van der Waals surface area (Å²) in [6.45, 7) is 0. The predicted molar refractivity (Wildman–Crippen MR) is 53.5 cm³/mol. The van der Waals surface area contributed by atoms with Crippen molar-refractivity contribution in [2.24, 2.45) is 0 Å². The lowest BCUT2D eigenvalue weighted by molar-refractivity contribution is 0.265. The average Bonchev–Trinajstić information content (AvgIpc) is 2.05. The second kappa shape index (κ2) is 6.31. The Bertz CT molecular complexity index is 101. The van der Waals surface area contributed by atoms with E-state index in [-0.39, 0.29) is 0 Å². The standard InChI is InChI=1S/C6H15ClO2SSi/c1-8-11(7,9-2)6-4-3-5-10/h10H,3-6H2,1-2H3. The number of hydrogen-bond acceptors (Lipinski definition) is 3. The summed E-state index contributed by atoms with van der Waals surface area (Å²) in [5, 5.41) is 0. The Morgan fingerprint density at radius 2 is 1.82 bits per heavy atom. The van der Waals surface area contributed by atoms with E-state index in [4.69, 9.17) is 19.9 Å². The van der Waals surface area contributed by atoms with Crippen molar-refractivity contribution in [3.8, 4) is 0 Å². The molecule has 0 amide bonds. The van der Waals surface area contributed by atoms with Gasteiger partial charge in [0.2, 0.25) is 0 Å². The lowest BCUT2D eigenvalue weighted by atomic mass is 10.4. The van der Waals surface area contributed by atoms with Gasteiger partial charge in [0.05, 0.1) is 0 Å². The Kier molecular flexibility index (Phi) is 6.76. The summed E-state index contributed by atoms with van der Waals surface area (Å²) in [5.74, 6) is 0.898. The van der Waals surface area contributed by atoms with Gasteiger partial charge in [-0.3, -0.25) is 0 Å². The van der Waals surface area contributed by atoms with Crippen molar-refractivity contribution in [3.05, 3.63) is 0 Å². The predicted octanol–water partition coefficient (Wildman–Crippen LogP) is 2.17. The molecule has 0 spiro atoms. The molecule has 0 atom stereocenters. The second-order valence-corrected chi connectivity index (χ2v) is 7.06. The van der Waals surface area contributed by atoms with E-state index >= 15 is 0 Å². The second-order valence-electron chi connectivity index (χ2n) is 2.25. The fraction of sp³-hybridized carbons (Fsp3) is 1.00. The first-order valence-corrected chi connectivity index (χ1v) is 7.25. The number of thiol groups is 1. The molecule has 0 saturated carbocycles. The molecule has 0 aromatic heterocycles. The van der Waals surface area contributed by atoms with Gasteiger partial charge in [-0.25, -0.2) is 0 Å². The molecule has 11 heavy (non-hydrogen) atoms. The van der Waals surface area contributed by atoms with Crippen LogP contribution >= 0.6 is 23.7 Å². The van der Waals surface area contributed by atoms with Gasteiger partial charge in [-0.2, -0.15) is 12.6 Å². The SMILES string of the molecule is CO[Si](Cl)(CCCCS)OC. The Labute approximate surface area is 79.6 Å². The molecule has 0 radical (unpaired) electrons. The molecule has 0 rings (SSSR count). The molecule has 0 N–H and O–H groups in total. The van der Waals surface area contributed by atoms with Gasteiger partial charge in [-0.1, -0.05) is 11.1 Å². The summed E-state index contributed by atoms with van der Waals surface area (Å²) in [7, 11) is 0.905. The van der Waals surface area contributed by atoms with E-state index in [0.717, 1.165) is 24.6 Å². The van der Waals surface area contributed by atoms with Crippen LogP contribution in [0.25, 0.3) is 0 Å². The van der Waals surface area contributed by atoms with Crippen molar-refractivity contribution in [2.45, 2.75) is 18.9 Å². The van der Waals surface area contributed by atoms with Crippen LogP contribution < -0.4 is 0 Å². The zero-order valence-electron chi connectivity index (χ0n) is 6.97. The maximum atomic E-state index is 6.01. The first-order chi connectivity index (χ1) is 5.18. The third kappa shape index (κ3) is 5.09. The zero-order valence-corrected chi connectivity index (χ0v) is 9.62. The smallest absolute Gasteiger partial charge is 0.386 e. The third-order valence-corrected chi connectivity index (χ3v) is 5.47. The first-order valence-electron chi connectivity index (χ1n) is 3.58. The quantitative estimate of drug-likeness (QED) is 0.316. The van der Waals surface area contributed by atoms with E-state index in [0.29, 0.717) is 0 Å². The van der Waals surface area contributed by atoms with Gasteiger partial charge >= 0.3 is 7.87 Å². The molecule has 0 aromatic rings. The molecule has 0 aliphatic rings. The highest BCUT2D eigenvalue weighted by molar-refractivity contribution is 7.80. The van der Waals surface area contributed by atoms with Gasteiger partial charge in [0, 0.05) is 20.3 Å². The molecule has 0 saturated heterocycles. The molecule has 2 nitrogen and oxygen atoms in total. The molecule has 5 heteroatoms. The van der Waals surface area contributed by atoms with Crippen LogP contribution in [-0.2, 0) is 8.85 Å². The minimum absolute atomic E-state index is 0.835. The maximum Gasteiger partial charge on any atom is 0.442 e. The first kappa shape index (κ1) is 11.8. The van der Waals surface area contributed by atoms with Crippen LogP contribution in [0.1, 0.15) is 12.8 Å². The Morgan fingerprint density at radius 1 is 1.27 bits per heavy atom. The number of rotatable bonds is 6. The van der Waals surface area contributed by atoms with Gasteiger partial charge in [0.25, 0.3) is 0 Å². The minimum Gasteiger partial charge on any atom is -0.386 e. The van der Waals surface area contributed by atoms with Gasteiger partial charge < -0.3 is 8.85 Å². The van der Waals surface area contributed by atoms with Gasteiger partial charge in [-0.15, -0.1) is 0 Å². The lowest BCUT2D eigenvalue weighted by Gasteiger charge is -2.18. The highest BCUT2D eigenvalue weighted by Crippen LogP contribution is 2.19. The minimum atomic E-state index is -2.30. The van der Waals surface area contributed by atoms with Crippen LogP contribution in [-0.4, -0.2) is 27.8 Å². The van der Waals surface area contributed by atoms with Crippen LogP contribution in [0.15, 0.2) is 0 Å². The van der Waals surface area contributed by atoms with Crippen LogP contribution in [0.2, 0.25) is 6.04 Å². The summed E-state index contributed by atoms with van der Waals surface area (Å²) < 4.78 is 10.2. The van der Waals surface area contributed by atoms with Crippen molar-refractivity contribution in [1.82, 2.24) is 0 Å². The fourth-order valence-electron chi connectivity index (χ4n) is 0.735. The maximum absolute atomic E-state index is 6.01. The van der Waals surface area contributed by atoms with Crippen molar-refractivity contribution in [2.75, 3.05) is 20.0 Å². The summed E-state index contributed by atoms with van der Waals surface area (Å²) in [5.41, 5.74) is 0. The molecular weight excluding hydrogens is 200 g/mol. The summed E-state index contributed by atoms with van der Waals surface area (Å²) in [6.07, 6.45) is 2.10. The Morgan fingerprint density at radius 3 is 2.18 bits per heavy atom. The van der Waals surface area contributed by atoms with Crippen molar-refractivity contribution in [3.63, 3.8) is 0 Å². The van der Waals surface area contributed by atoms with Crippen LogP contribution in [0.5, 0.6) is 0 Å². The third-order valence-electron chi connectivity index (χ3n) is 1.49. The zero-order chi connectivity index (χ0) is 8.74. The van der Waals surface area contributed by atoms with Crippen molar-refractivity contribution < 1.29 is 8.85 Å². The number of hydrogen-bond donors (Lipinski definition) is 1. The van der Waals surface area contributed by atoms with Crippen molar-refractivity contribution >= 4 is 31.6 Å². The van der Waals surface area contributed by atoms with E-state index in [1.54, 1.807) is 14.2 Å². The van der Waals surface area contributed by atoms with Gasteiger partial charge in [0.15, 0.2) is 0 Å². The van der Waals surface area contributed by atoms with Crippen LogP contribution in [0.4, 0.5) is 0 Å². The summed E-state index contributed by atoms with van der Waals surface area (Å²) in [6, 6.07) is 0.835. The highest BCUT2D eigenvalue weighted by Gasteiger charge is 2.32. The Balaban J connectivity index is 3.51. The number of halogens is 1. The van der Waals surface area contributed by atoms with Crippen LogP contribution in [0, 0.1) is 0 Å². The van der Waals surface area contributed by atoms with Gasteiger partial charge in [-0.05, 0) is 18.6 Å². The molecule has 0 fully saturated rings. The molecule has 0 heterocycles. The molecular formula is C6H15ClO2SSi. The molecule has 0 bridgehead atoms. The van der Waals surface area contributed by atoms with Crippen molar-refractivity contribution in [1.29, 1.82) is 0 Å². The van der Waals surface area contributed by atoms with E-state index in [9.17, 15) is 0 Å². The lowest BCUT2D eigenvalue weighted by Crippen LogP contribution is -2.32. The summed E-state index contributed by atoms with van der Waals surface area (Å²) in [4.78, 5) is 0. The largest absolute Gasteiger partial charge is 0.442 e. The van der Waals surface area contributed by atoms with E-state index in [1.165, 1.54) is 0 Å². The van der Waals surface area contributed by atoms with Crippen LogP contribution in [0.3, 0.4) is 0 Å². The summed E-state index contributed by atoms with van der Waals surface area (Å²) >= 11 is 10.1. The molecule has 0 unspecified atom stereocenters. The average molecular weight is 215 g/mol. The molecule has 68 valence electrons. The van der Waals surface area contributed by atoms with E-state index in [2.05, 4.69) is 12.6 Å². The van der Waals surface area contributed by atoms with E-state index in [1.807, 2.05) is 0 Å². The number of unbranched alkanes of at least 4 members (excludes halogenated alkanes) is 1. The highest BCUT2D eigenvalue weighted by atomic mass is 35.6. The fourth-order valence-corrected chi connectivity index (χ4v) is 2.61. The topological polar surface area (TPSA) is 18.5 Å². The Hall–Kier alpha value is 0.777. The monoisotopic (exact) mass is 214 g/mol. The molecule has 0 aliphatic carbocycles. The molecule has 0 aromatic carbocycles. The van der Waals surface area contributed by atoms with E-state index < -0.39 is 7.87 Å². The normalized spacial score (nSPS) is 12.0. The van der Waals surface area contributed by atoms with Gasteiger partial charge in [0.1, 0.15) is 0 Å². The molecule has 0 aliphatic heterocycles.